The number of carboxylic acids is 1. The molecule has 0 bridgehead atoms. The monoisotopic (exact) mass is 311 g/mol. The van der Waals surface area contributed by atoms with Gasteiger partial charge in [0.1, 0.15) is 5.54 Å². The van der Waals surface area contributed by atoms with Crippen LogP contribution < -0.4 is 5.32 Å². The first-order valence-corrected chi connectivity index (χ1v) is 8.55. The first-order chi connectivity index (χ1) is 9.94. The molecular formula is C15H25N3O2S. The fraction of sp³-hybridized carbons (Fsp3) is 0.733. The molecule has 2 unspecified atom stereocenters. The first kappa shape index (κ1) is 16.4. The number of carbonyl (C=O) groups is 1. The van der Waals surface area contributed by atoms with Crippen molar-refractivity contribution in [1.82, 2.24) is 15.1 Å². The fourth-order valence-corrected chi connectivity index (χ4v) is 4.30. The van der Waals surface area contributed by atoms with Crippen molar-refractivity contribution in [3.05, 3.63) is 12.4 Å². The van der Waals surface area contributed by atoms with Gasteiger partial charge in [-0.2, -0.15) is 5.10 Å². The molecule has 1 aliphatic rings. The van der Waals surface area contributed by atoms with E-state index in [4.69, 9.17) is 0 Å². The molecule has 0 aliphatic heterocycles. The van der Waals surface area contributed by atoms with E-state index >= 15 is 0 Å². The molecule has 1 aromatic heterocycles. The summed E-state index contributed by atoms with van der Waals surface area (Å²) in [6.07, 6.45) is 7.51. The van der Waals surface area contributed by atoms with E-state index < -0.39 is 11.5 Å². The van der Waals surface area contributed by atoms with Gasteiger partial charge in [-0.3, -0.25) is 14.8 Å². The maximum absolute atomic E-state index is 11.8. The van der Waals surface area contributed by atoms with Crippen molar-refractivity contribution in [2.45, 2.75) is 56.0 Å². The zero-order valence-electron chi connectivity index (χ0n) is 13.0. The summed E-state index contributed by atoms with van der Waals surface area (Å²) in [5, 5.41) is 17.2. The zero-order valence-corrected chi connectivity index (χ0v) is 13.8. The summed E-state index contributed by atoms with van der Waals surface area (Å²) in [5.41, 5.74) is -0.732. The minimum absolute atomic E-state index is 0.188. The average Bonchev–Trinajstić information content (AvgIpc) is 2.97. The summed E-state index contributed by atoms with van der Waals surface area (Å²) in [7, 11) is 1.91. The van der Waals surface area contributed by atoms with Crippen LogP contribution in [0.1, 0.15) is 39.5 Å². The number of hydrogen-bond acceptors (Lipinski definition) is 4. The summed E-state index contributed by atoms with van der Waals surface area (Å²) < 4.78 is 1.79. The van der Waals surface area contributed by atoms with Crippen LogP contribution >= 0.6 is 11.8 Å². The fourth-order valence-electron chi connectivity index (χ4n) is 3.31. The molecule has 5 nitrogen and oxygen atoms in total. The summed E-state index contributed by atoms with van der Waals surface area (Å²) >= 11 is 1.76. The van der Waals surface area contributed by atoms with Gasteiger partial charge in [0.05, 0.1) is 6.20 Å². The number of nitrogens with zero attached hydrogens (tertiary/aromatic N) is 2. The largest absolute Gasteiger partial charge is 0.480 e. The molecule has 1 fully saturated rings. The Hall–Kier alpha value is -1.01. The van der Waals surface area contributed by atoms with Gasteiger partial charge in [0.2, 0.25) is 0 Å². The molecule has 118 valence electrons. The van der Waals surface area contributed by atoms with E-state index in [1.165, 1.54) is 0 Å². The first-order valence-electron chi connectivity index (χ1n) is 7.56. The lowest BCUT2D eigenvalue weighted by Gasteiger charge is -2.34. The molecule has 0 amide bonds. The average molecular weight is 311 g/mol. The number of aryl methyl sites for hydroxylation is 1. The maximum Gasteiger partial charge on any atom is 0.324 e. The minimum Gasteiger partial charge on any atom is -0.480 e. The Morgan fingerprint density at radius 2 is 2.43 bits per heavy atom. The van der Waals surface area contributed by atoms with Gasteiger partial charge in [-0.05, 0) is 44.8 Å². The van der Waals surface area contributed by atoms with Crippen LogP contribution in [0.3, 0.4) is 0 Å². The summed E-state index contributed by atoms with van der Waals surface area (Å²) in [6, 6.07) is 0.188. The highest BCUT2D eigenvalue weighted by molar-refractivity contribution is 7.99. The number of thioether (sulfide) groups is 1. The molecule has 1 heterocycles. The molecule has 0 aromatic carbocycles. The second-order valence-electron chi connectivity index (χ2n) is 6.15. The highest BCUT2D eigenvalue weighted by Crippen LogP contribution is 2.39. The summed E-state index contributed by atoms with van der Waals surface area (Å²) in [6.45, 7) is 4.04. The Balaban J connectivity index is 1.95. The van der Waals surface area contributed by atoms with Gasteiger partial charge in [0.25, 0.3) is 0 Å². The van der Waals surface area contributed by atoms with Gasteiger partial charge >= 0.3 is 5.97 Å². The van der Waals surface area contributed by atoms with Gasteiger partial charge in [-0.15, -0.1) is 11.8 Å². The molecule has 21 heavy (non-hydrogen) atoms. The molecule has 6 heteroatoms. The lowest BCUT2D eigenvalue weighted by atomic mass is 9.84. The number of nitrogens with one attached hydrogen (secondary N) is 1. The van der Waals surface area contributed by atoms with Crippen molar-refractivity contribution >= 4 is 17.7 Å². The molecule has 1 aliphatic carbocycles. The van der Waals surface area contributed by atoms with Crippen LogP contribution in [0, 0.1) is 5.92 Å². The van der Waals surface area contributed by atoms with E-state index in [0.717, 1.165) is 36.3 Å². The van der Waals surface area contributed by atoms with E-state index in [-0.39, 0.29) is 12.0 Å². The third-order valence-corrected chi connectivity index (χ3v) is 5.15. The third-order valence-electron chi connectivity index (χ3n) is 4.16. The van der Waals surface area contributed by atoms with E-state index in [9.17, 15) is 9.90 Å². The van der Waals surface area contributed by atoms with Gasteiger partial charge in [0.15, 0.2) is 0 Å². The number of carboxylic acid groups (broad SMARTS) is 1. The van der Waals surface area contributed by atoms with Gasteiger partial charge in [0, 0.05) is 24.2 Å². The van der Waals surface area contributed by atoms with Crippen LogP contribution in [0.25, 0.3) is 0 Å². The van der Waals surface area contributed by atoms with Gasteiger partial charge in [-0.1, -0.05) is 6.42 Å². The predicted molar refractivity (Wildman–Crippen MR) is 84.5 cm³/mol. The minimum atomic E-state index is -0.732. The Morgan fingerprint density at radius 1 is 1.67 bits per heavy atom. The number of aliphatic carboxylic acids is 1. The molecule has 2 atom stereocenters. The van der Waals surface area contributed by atoms with E-state index in [1.54, 1.807) is 16.4 Å². The third kappa shape index (κ3) is 3.80. The van der Waals surface area contributed by atoms with Crippen molar-refractivity contribution in [3.8, 4) is 0 Å². The second-order valence-corrected chi connectivity index (χ2v) is 7.32. The van der Waals surface area contributed by atoms with Crippen molar-refractivity contribution in [2.24, 2.45) is 13.0 Å². The van der Waals surface area contributed by atoms with Crippen molar-refractivity contribution in [2.75, 3.05) is 5.75 Å². The topological polar surface area (TPSA) is 67.2 Å². The van der Waals surface area contributed by atoms with E-state index in [1.807, 2.05) is 33.3 Å². The predicted octanol–water partition coefficient (Wildman–Crippen LogP) is 2.52. The molecule has 0 saturated heterocycles. The molecule has 0 spiro atoms. The van der Waals surface area contributed by atoms with Crippen LogP contribution in [-0.4, -0.2) is 38.2 Å². The lowest BCUT2D eigenvalue weighted by Crippen LogP contribution is -2.57. The zero-order chi connectivity index (χ0) is 15.5. The highest BCUT2D eigenvalue weighted by atomic mass is 32.2. The highest BCUT2D eigenvalue weighted by Gasteiger charge is 2.48. The Labute approximate surface area is 130 Å². The molecule has 2 rings (SSSR count). The second kappa shape index (κ2) is 6.83. The smallest absolute Gasteiger partial charge is 0.324 e. The van der Waals surface area contributed by atoms with Crippen LogP contribution in [-0.2, 0) is 11.8 Å². The van der Waals surface area contributed by atoms with Gasteiger partial charge in [-0.25, -0.2) is 0 Å². The Bertz CT molecular complexity index is 489. The standard InChI is InChI=1S/C15H25N3O2S/c1-11(2)17-15(14(19)20)7-4-5-12(15)6-8-21-13-9-16-18(3)10-13/h9-12,17H,4-8H2,1-3H3,(H,19,20). The Morgan fingerprint density at radius 3 is 3.00 bits per heavy atom. The molecule has 1 saturated carbocycles. The molecule has 0 radical (unpaired) electrons. The van der Waals surface area contributed by atoms with E-state index in [0.29, 0.717) is 0 Å². The normalized spacial score (nSPS) is 25.6. The van der Waals surface area contributed by atoms with Crippen molar-refractivity contribution < 1.29 is 9.90 Å². The van der Waals surface area contributed by atoms with Crippen LogP contribution in [0.5, 0.6) is 0 Å². The summed E-state index contributed by atoms with van der Waals surface area (Å²) in [4.78, 5) is 13.0. The number of hydrogen-bond donors (Lipinski definition) is 2. The molecule has 2 N–H and O–H groups in total. The van der Waals surface area contributed by atoms with E-state index in [2.05, 4.69) is 10.4 Å². The Kier molecular flexibility index (Phi) is 5.32. The quantitative estimate of drug-likeness (QED) is 0.757. The van der Waals surface area contributed by atoms with Crippen molar-refractivity contribution in [1.29, 1.82) is 0 Å². The SMILES string of the molecule is CC(C)NC1(C(=O)O)CCCC1CCSc1cnn(C)c1. The van der Waals surface area contributed by atoms with Crippen LogP contribution in [0.4, 0.5) is 0 Å². The lowest BCUT2D eigenvalue weighted by molar-refractivity contribution is -0.147. The maximum atomic E-state index is 11.8. The molecular weight excluding hydrogens is 286 g/mol. The number of aromatic nitrogens is 2. The van der Waals surface area contributed by atoms with Crippen molar-refractivity contribution in [3.63, 3.8) is 0 Å². The van der Waals surface area contributed by atoms with Gasteiger partial charge < -0.3 is 5.11 Å². The summed E-state index contributed by atoms with van der Waals surface area (Å²) in [5.74, 6) is 0.456. The molecule has 1 aromatic rings. The number of rotatable bonds is 7. The van der Waals surface area contributed by atoms with Crippen LogP contribution in [0.15, 0.2) is 17.3 Å². The van der Waals surface area contributed by atoms with Crippen LogP contribution in [0.2, 0.25) is 0 Å².